The summed E-state index contributed by atoms with van der Waals surface area (Å²) >= 11 is 3.40. The Morgan fingerprint density at radius 3 is 2.72 bits per heavy atom. The lowest BCUT2D eigenvalue weighted by Crippen LogP contribution is -2.36. The molecule has 0 saturated heterocycles. The summed E-state index contributed by atoms with van der Waals surface area (Å²) in [5, 5.41) is 11.7. The SMILES string of the molecule is CN=C(NCc1nccs1)NCc1sccc1C. The summed E-state index contributed by atoms with van der Waals surface area (Å²) in [5.74, 6) is 0.804. The van der Waals surface area contributed by atoms with Gasteiger partial charge in [-0.15, -0.1) is 22.7 Å². The van der Waals surface area contributed by atoms with Gasteiger partial charge in [-0.1, -0.05) is 0 Å². The molecule has 0 fully saturated rings. The molecule has 0 aromatic carbocycles. The van der Waals surface area contributed by atoms with Gasteiger partial charge in [0.1, 0.15) is 5.01 Å². The second kappa shape index (κ2) is 6.51. The van der Waals surface area contributed by atoms with E-state index in [9.17, 15) is 0 Å². The normalized spacial score (nSPS) is 11.6. The summed E-state index contributed by atoms with van der Waals surface area (Å²) in [5.41, 5.74) is 1.32. The first kappa shape index (κ1) is 13.0. The summed E-state index contributed by atoms with van der Waals surface area (Å²) in [4.78, 5) is 9.75. The molecule has 2 heterocycles. The first-order valence-electron chi connectivity index (χ1n) is 5.65. The molecule has 0 bridgehead atoms. The molecule has 0 aliphatic rings. The minimum Gasteiger partial charge on any atom is -0.352 e. The van der Waals surface area contributed by atoms with Gasteiger partial charge in [-0.2, -0.15) is 0 Å². The molecule has 18 heavy (non-hydrogen) atoms. The number of aryl methyl sites for hydroxylation is 1. The first-order chi connectivity index (χ1) is 8.79. The van der Waals surface area contributed by atoms with Gasteiger partial charge in [0.25, 0.3) is 0 Å². The monoisotopic (exact) mass is 280 g/mol. The van der Waals surface area contributed by atoms with Crippen LogP contribution in [0.25, 0.3) is 0 Å². The van der Waals surface area contributed by atoms with E-state index < -0.39 is 0 Å². The second-order valence-corrected chi connectivity index (χ2v) is 5.71. The Hall–Kier alpha value is -1.40. The zero-order valence-corrected chi connectivity index (χ0v) is 12.1. The molecule has 0 aliphatic heterocycles. The Labute approximate surface area is 115 Å². The fourth-order valence-electron chi connectivity index (χ4n) is 1.47. The van der Waals surface area contributed by atoms with Crippen molar-refractivity contribution in [3.63, 3.8) is 0 Å². The van der Waals surface area contributed by atoms with Crippen molar-refractivity contribution in [2.45, 2.75) is 20.0 Å². The lowest BCUT2D eigenvalue weighted by Gasteiger charge is -2.10. The molecular weight excluding hydrogens is 264 g/mol. The van der Waals surface area contributed by atoms with E-state index in [2.05, 4.69) is 39.0 Å². The molecule has 0 saturated carbocycles. The average Bonchev–Trinajstić information content (AvgIpc) is 3.01. The summed E-state index contributed by atoms with van der Waals surface area (Å²) in [6.07, 6.45) is 1.81. The lowest BCUT2D eigenvalue weighted by molar-refractivity contribution is 0.809. The summed E-state index contributed by atoms with van der Waals surface area (Å²) < 4.78 is 0. The van der Waals surface area contributed by atoms with E-state index in [0.717, 1.165) is 17.5 Å². The topological polar surface area (TPSA) is 49.3 Å². The van der Waals surface area contributed by atoms with Crippen LogP contribution in [0, 0.1) is 6.92 Å². The molecule has 2 aromatic heterocycles. The highest BCUT2D eigenvalue weighted by atomic mass is 32.1. The molecule has 0 spiro atoms. The highest BCUT2D eigenvalue weighted by Crippen LogP contribution is 2.14. The quantitative estimate of drug-likeness (QED) is 0.668. The number of rotatable bonds is 4. The number of nitrogens with one attached hydrogen (secondary N) is 2. The summed E-state index contributed by atoms with van der Waals surface area (Å²) in [6.45, 7) is 3.64. The van der Waals surface area contributed by atoms with Gasteiger partial charge in [0.2, 0.25) is 0 Å². The van der Waals surface area contributed by atoms with E-state index in [1.807, 2.05) is 11.6 Å². The van der Waals surface area contributed by atoms with Gasteiger partial charge < -0.3 is 10.6 Å². The molecule has 2 aromatic rings. The van der Waals surface area contributed by atoms with Crippen LogP contribution in [0.1, 0.15) is 15.4 Å². The Balaban J connectivity index is 1.81. The molecule has 0 aliphatic carbocycles. The zero-order chi connectivity index (χ0) is 12.8. The Kier molecular flexibility index (Phi) is 4.72. The maximum absolute atomic E-state index is 4.22. The van der Waals surface area contributed by atoms with Gasteiger partial charge in [0, 0.05) is 23.5 Å². The van der Waals surface area contributed by atoms with Crippen LogP contribution in [-0.4, -0.2) is 18.0 Å². The Morgan fingerprint density at radius 2 is 2.11 bits per heavy atom. The number of nitrogens with zero attached hydrogens (tertiary/aromatic N) is 2. The van der Waals surface area contributed by atoms with Gasteiger partial charge in [-0.05, 0) is 23.9 Å². The summed E-state index contributed by atoms with van der Waals surface area (Å²) in [7, 11) is 1.78. The Morgan fingerprint density at radius 1 is 1.28 bits per heavy atom. The number of thiazole rings is 1. The number of aromatic nitrogens is 1. The van der Waals surface area contributed by atoms with Crippen LogP contribution < -0.4 is 10.6 Å². The third-order valence-electron chi connectivity index (χ3n) is 2.50. The highest BCUT2D eigenvalue weighted by Gasteiger charge is 2.02. The van der Waals surface area contributed by atoms with E-state index in [1.54, 1.807) is 29.7 Å². The van der Waals surface area contributed by atoms with Crippen molar-refractivity contribution >= 4 is 28.6 Å². The summed E-state index contributed by atoms with van der Waals surface area (Å²) in [6, 6.07) is 2.13. The molecule has 0 atom stereocenters. The number of hydrogen-bond acceptors (Lipinski definition) is 4. The van der Waals surface area contributed by atoms with Crippen molar-refractivity contribution in [1.82, 2.24) is 15.6 Å². The van der Waals surface area contributed by atoms with E-state index in [-0.39, 0.29) is 0 Å². The molecule has 96 valence electrons. The predicted octanol–water partition coefficient (Wildman–Crippen LogP) is 2.38. The minimum atomic E-state index is 0.709. The molecule has 2 N–H and O–H groups in total. The van der Waals surface area contributed by atoms with Crippen LogP contribution >= 0.6 is 22.7 Å². The zero-order valence-electron chi connectivity index (χ0n) is 10.4. The van der Waals surface area contributed by atoms with Crippen LogP contribution in [0.15, 0.2) is 28.0 Å². The fraction of sp³-hybridized carbons (Fsp3) is 0.333. The van der Waals surface area contributed by atoms with Crippen LogP contribution in [0.3, 0.4) is 0 Å². The van der Waals surface area contributed by atoms with Crippen LogP contribution in [0.4, 0.5) is 0 Å². The van der Waals surface area contributed by atoms with E-state index in [1.165, 1.54) is 10.4 Å². The second-order valence-electron chi connectivity index (χ2n) is 3.73. The van der Waals surface area contributed by atoms with Gasteiger partial charge in [-0.25, -0.2) is 4.98 Å². The molecular formula is C12H16N4S2. The van der Waals surface area contributed by atoms with Crippen molar-refractivity contribution in [3.8, 4) is 0 Å². The van der Waals surface area contributed by atoms with Gasteiger partial charge >= 0.3 is 0 Å². The number of hydrogen-bond donors (Lipinski definition) is 2. The van der Waals surface area contributed by atoms with E-state index in [0.29, 0.717) is 6.54 Å². The van der Waals surface area contributed by atoms with Gasteiger partial charge in [-0.3, -0.25) is 4.99 Å². The van der Waals surface area contributed by atoms with Crippen LogP contribution in [0.5, 0.6) is 0 Å². The molecule has 6 heteroatoms. The molecule has 2 rings (SSSR count). The fourth-order valence-corrected chi connectivity index (χ4v) is 2.87. The predicted molar refractivity (Wildman–Crippen MR) is 78.2 cm³/mol. The molecule has 0 radical (unpaired) electrons. The first-order valence-corrected chi connectivity index (χ1v) is 7.41. The van der Waals surface area contributed by atoms with Crippen molar-refractivity contribution in [1.29, 1.82) is 0 Å². The number of guanidine groups is 1. The van der Waals surface area contributed by atoms with E-state index >= 15 is 0 Å². The van der Waals surface area contributed by atoms with Crippen molar-refractivity contribution in [2.24, 2.45) is 4.99 Å². The maximum atomic E-state index is 4.22. The van der Waals surface area contributed by atoms with Gasteiger partial charge in [0.05, 0.1) is 13.1 Å². The highest BCUT2D eigenvalue weighted by molar-refractivity contribution is 7.10. The Bertz CT molecular complexity index is 502. The number of aliphatic imine (C=N–C) groups is 1. The average molecular weight is 280 g/mol. The van der Waals surface area contributed by atoms with Crippen LogP contribution in [0.2, 0.25) is 0 Å². The largest absolute Gasteiger partial charge is 0.352 e. The van der Waals surface area contributed by atoms with Crippen LogP contribution in [-0.2, 0) is 13.1 Å². The molecule has 0 unspecified atom stereocenters. The third kappa shape index (κ3) is 3.54. The third-order valence-corrected chi connectivity index (χ3v) is 4.30. The van der Waals surface area contributed by atoms with Crippen molar-refractivity contribution < 1.29 is 0 Å². The van der Waals surface area contributed by atoms with Crippen molar-refractivity contribution in [2.75, 3.05) is 7.05 Å². The van der Waals surface area contributed by atoms with Gasteiger partial charge in [0.15, 0.2) is 5.96 Å². The van der Waals surface area contributed by atoms with Crippen molar-refractivity contribution in [3.05, 3.63) is 38.5 Å². The van der Waals surface area contributed by atoms with E-state index in [4.69, 9.17) is 0 Å². The molecule has 0 amide bonds. The number of thiophene rings is 1. The standard InChI is InChI=1S/C12H16N4S2/c1-9-3-5-17-10(9)7-15-12(13-2)16-8-11-14-4-6-18-11/h3-6H,7-8H2,1-2H3,(H2,13,15,16). The maximum Gasteiger partial charge on any atom is 0.191 e. The minimum absolute atomic E-state index is 0.709. The lowest BCUT2D eigenvalue weighted by atomic mass is 10.3. The molecule has 4 nitrogen and oxygen atoms in total. The smallest absolute Gasteiger partial charge is 0.191 e.